The van der Waals surface area contributed by atoms with Gasteiger partial charge in [0.1, 0.15) is 0 Å². The fourth-order valence-corrected chi connectivity index (χ4v) is 3.65. The summed E-state index contributed by atoms with van der Waals surface area (Å²) in [5.41, 5.74) is 2.22. The summed E-state index contributed by atoms with van der Waals surface area (Å²) >= 11 is 0. The molecular formula is C21H30N4O3. The molecule has 1 aliphatic heterocycles. The normalized spacial score (nSPS) is 18.8. The van der Waals surface area contributed by atoms with Crippen LogP contribution in [0.2, 0.25) is 0 Å². The first kappa shape index (κ1) is 20.2. The Kier molecular flexibility index (Phi) is 6.92. The van der Waals surface area contributed by atoms with Crippen LogP contribution in [0.3, 0.4) is 0 Å². The number of nitrogens with zero attached hydrogens (tertiary/aromatic N) is 2. The van der Waals surface area contributed by atoms with E-state index in [1.54, 1.807) is 4.68 Å². The molecule has 0 bridgehead atoms. The van der Waals surface area contributed by atoms with E-state index in [9.17, 15) is 4.79 Å². The van der Waals surface area contributed by atoms with E-state index < -0.39 is 0 Å². The number of hydrogen-bond donors (Lipinski definition) is 2. The summed E-state index contributed by atoms with van der Waals surface area (Å²) in [5.74, 6) is 1.71. The number of hydrogen-bond acceptors (Lipinski definition) is 5. The Morgan fingerprint density at radius 1 is 1.25 bits per heavy atom. The zero-order chi connectivity index (χ0) is 19.9. The van der Waals surface area contributed by atoms with Gasteiger partial charge in [0.25, 0.3) is 0 Å². The number of aromatic nitrogens is 2. The molecule has 1 aromatic carbocycles. The molecular weight excluding hydrogens is 356 g/mol. The summed E-state index contributed by atoms with van der Waals surface area (Å²) in [6.07, 6.45) is 4.59. The molecule has 2 N–H and O–H groups in total. The van der Waals surface area contributed by atoms with Crippen molar-refractivity contribution >= 4 is 5.91 Å². The van der Waals surface area contributed by atoms with E-state index in [0.717, 1.165) is 35.6 Å². The van der Waals surface area contributed by atoms with E-state index in [-0.39, 0.29) is 17.7 Å². The van der Waals surface area contributed by atoms with Crippen molar-refractivity contribution in [2.75, 3.05) is 32.8 Å². The van der Waals surface area contributed by atoms with E-state index in [1.807, 2.05) is 51.5 Å². The maximum Gasteiger partial charge on any atom is 0.225 e. The van der Waals surface area contributed by atoms with E-state index in [4.69, 9.17) is 9.47 Å². The van der Waals surface area contributed by atoms with Crippen molar-refractivity contribution in [2.24, 2.45) is 13.0 Å². The molecule has 2 heterocycles. The zero-order valence-electron chi connectivity index (χ0n) is 16.9. The standard InChI is InChI=1S/C21H30N4O3/c1-4-27-19-7-6-15(10-20(19)28-5-2)8-9-23-21(26)18-13-22-12-17(18)16-11-24-25(3)14-16/h6-7,10-11,14,17-18,22H,4-5,8-9,12-13H2,1-3H3,(H,23,26)/t17-,18+/m1/s1. The molecule has 0 saturated carbocycles. The molecule has 1 fully saturated rings. The van der Waals surface area contributed by atoms with Crippen LogP contribution in [0.15, 0.2) is 30.6 Å². The van der Waals surface area contributed by atoms with Gasteiger partial charge in [-0.15, -0.1) is 0 Å². The Labute approximate surface area is 166 Å². The number of aryl methyl sites for hydroxylation is 1. The van der Waals surface area contributed by atoms with Crippen molar-refractivity contribution in [1.82, 2.24) is 20.4 Å². The number of nitrogens with one attached hydrogen (secondary N) is 2. The quantitative estimate of drug-likeness (QED) is 0.688. The third-order valence-electron chi connectivity index (χ3n) is 5.02. The predicted octanol–water partition coefficient (Wildman–Crippen LogP) is 1.88. The fraction of sp³-hybridized carbons (Fsp3) is 0.524. The predicted molar refractivity (Wildman–Crippen MR) is 108 cm³/mol. The first-order valence-electron chi connectivity index (χ1n) is 9.97. The van der Waals surface area contributed by atoms with Crippen LogP contribution in [-0.2, 0) is 18.3 Å². The molecule has 152 valence electrons. The molecule has 0 spiro atoms. The lowest BCUT2D eigenvalue weighted by molar-refractivity contribution is -0.124. The summed E-state index contributed by atoms with van der Waals surface area (Å²) < 4.78 is 13.1. The molecule has 1 saturated heterocycles. The van der Waals surface area contributed by atoms with Crippen molar-refractivity contribution in [2.45, 2.75) is 26.2 Å². The van der Waals surface area contributed by atoms with Gasteiger partial charge in [0.15, 0.2) is 11.5 Å². The Morgan fingerprint density at radius 2 is 2.04 bits per heavy atom. The lowest BCUT2D eigenvalue weighted by Crippen LogP contribution is -2.35. The average Bonchev–Trinajstić information content (AvgIpc) is 3.33. The van der Waals surface area contributed by atoms with Crippen LogP contribution in [0.5, 0.6) is 11.5 Å². The molecule has 3 rings (SSSR count). The van der Waals surface area contributed by atoms with Crippen LogP contribution in [0.1, 0.15) is 30.9 Å². The van der Waals surface area contributed by atoms with Gasteiger partial charge in [-0.05, 0) is 43.5 Å². The maximum atomic E-state index is 12.7. The number of carbonyl (C=O) groups excluding carboxylic acids is 1. The van der Waals surface area contributed by atoms with Gasteiger partial charge in [-0.3, -0.25) is 9.48 Å². The molecule has 1 aromatic heterocycles. The largest absolute Gasteiger partial charge is 0.490 e. The van der Waals surface area contributed by atoms with Crippen LogP contribution < -0.4 is 20.1 Å². The van der Waals surface area contributed by atoms with Gasteiger partial charge >= 0.3 is 0 Å². The van der Waals surface area contributed by atoms with E-state index in [1.165, 1.54) is 0 Å². The molecule has 2 aromatic rings. The molecule has 28 heavy (non-hydrogen) atoms. The Balaban J connectivity index is 1.55. The molecule has 0 radical (unpaired) electrons. The number of ether oxygens (including phenoxy) is 2. The second-order valence-corrected chi connectivity index (χ2v) is 7.01. The third-order valence-corrected chi connectivity index (χ3v) is 5.02. The van der Waals surface area contributed by atoms with Crippen LogP contribution >= 0.6 is 0 Å². The van der Waals surface area contributed by atoms with Gasteiger partial charge in [-0.25, -0.2) is 0 Å². The average molecular weight is 386 g/mol. The molecule has 1 aliphatic rings. The number of benzene rings is 1. The minimum atomic E-state index is -0.0662. The van der Waals surface area contributed by atoms with Crippen LogP contribution in [-0.4, -0.2) is 48.5 Å². The van der Waals surface area contributed by atoms with Gasteiger partial charge in [0, 0.05) is 38.8 Å². The van der Waals surface area contributed by atoms with E-state index in [0.29, 0.717) is 26.3 Å². The Bertz CT molecular complexity index is 790. The van der Waals surface area contributed by atoms with Gasteiger partial charge in [0.05, 0.1) is 25.3 Å². The molecule has 2 atom stereocenters. The lowest BCUT2D eigenvalue weighted by atomic mass is 9.90. The number of carbonyl (C=O) groups is 1. The first-order valence-corrected chi connectivity index (χ1v) is 9.97. The minimum Gasteiger partial charge on any atom is -0.490 e. The van der Waals surface area contributed by atoms with Crippen molar-refractivity contribution in [3.05, 3.63) is 41.7 Å². The highest BCUT2D eigenvalue weighted by Gasteiger charge is 2.34. The molecule has 7 heteroatoms. The molecule has 0 unspecified atom stereocenters. The fourth-order valence-electron chi connectivity index (χ4n) is 3.65. The van der Waals surface area contributed by atoms with Crippen LogP contribution in [0, 0.1) is 5.92 Å². The molecule has 0 aliphatic carbocycles. The highest BCUT2D eigenvalue weighted by molar-refractivity contribution is 5.80. The monoisotopic (exact) mass is 386 g/mol. The van der Waals surface area contributed by atoms with Crippen molar-refractivity contribution in [3.63, 3.8) is 0 Å². The van der Waals surface area contributed by atoms with Gasteiger partial charge in [-0.2, -0.15) is 5.10 Å². The van der Waals surface area contributed by atoms with Crippen molar-refractivity contribution in [3.8, 4) is 11.5 Å². The summed E-state index contributed by atoms with van der Waals surface area (Å²) in [4.78, 5) is 12.7. The Morgan fingerprint density at radius 3 is 2.75 bits per heavy atom. The topological polar surface area (TPSA) is 77.4 Å². The SMILES string of the molecule is CCOc1ccc(CCNC(=O)[C@H]2CNC[C@@H]2c2cnn(C)c2)cc1OCC. The number of amides is 1. The highest BCUT2D eigenvalue weighted by atomic mass is 16.5. The first-order chi connectivity index (χ1) is 13.6. The minimum absolute atomic E-state index is 0.0662. The second kappa shape index (κ2) is 9.59. The third kappa shape index (κ3) is 4.84. The second-order valence-electron chi connectivity index (χ2n) is 7.01. The Hall–Kier alpha value is -2.54. The smallest absolute Gasteiger partial charge is 0.225 e. The van der Waals surface area contributed by atoms with Crippen molar-refractivity contribution < 1.29 is 14.3 Å². The van der Waals surface area contributed by atoms with E-state index in [2.05, 4.69) is 15.7 Å². The zero-order valence-corrected chi connectivity index (χ0v) is 16.9. The van der Waals surface area contributed by atoms with E-state index >= 15 is 0 Å². The summed E-state index contributed by atoms with van der Waals surface area (Å²) in [7, 11) is 1.90. The van der Waals surface area contributed by atoms with Gasteiger partial charge in [0.2, 0.25) is 5.91 Å². The molecule has 7 nitrogen and oxygen atoms in total. The maximum absolute atomic E-state index is 12.7. The summed E-state index contributed by atoms with van der Waals surface area (Å²) in [6.45, 7) is 7.19. The number of rotatable bonds is 9. The summed E-state index contributed by atoms with van der Waals surface area (Å²) in [6, 6.07) is 5.95. The van der Waals surface area contributed by atoms with Gasteiger partial charge in [-0.1, -0.05) is 6.07 Å². The van der Waals surface area contributed by atoms with Crippen molar-refractivity contribution in [1.29, 1.82) is 0 Å². The highest BCUT2D eigenvalue weighted by Crippen LogP contribution is 2.29. The van der Waals surface area contributed by atoms with Crippen LogP contribution in [0.25, 0.3) is 0 Å². The van der Waals surface area contributed by atoms with Crippen LogP contribution in [0.4, 0.5) is 0 Å². The lowest BCUT2D eigenvalue weighted by Gasteiger charge is -2.17. The summed E-state index contributed by atoms with van der Waals surface area (Å²) in [5, 5.41) is 10.7. The molecule has 1 amide bonds. The van der Waals surface area contributed by atoms with Gasteiger partial charge < -0.3 is 20.1 Å².